The van der Waals surface area contributed by atoms with Gasteiger partial charge in [0.1, 0.15) is 5.82 Å². The number of rotatable bonds is 11. The van der Waals surface area contributed by atoms with Crippen LogP contribution in [0.1, 0.15) is 78.0 Å². The van der Waals surface area contributed by atoms with Crippen molar-refractivity contribution in [3.63, 3.8) is 0 Å². The number of hydrogen-bond acceptors (Lipinski definition) is 6. The molecule has 2 unspecified atom stereocenters. The van der Waals surface area contributed by atoms with E-state index in [2.05, 4.69) is 25.4 Å². The summed E-state index contributed by atoms with van der Waals surface area (Å²) in [6, 6.07) is 3.61. The Morgan fingerprint density at radius 3 is 1.89 bits per heavy atom. The normalized spacial score (nSPS) is 14.1. The lowest BCUT2D eigenvalue weighted by Crippen LogP contribution is -2.31. The monoisotopic (exact) mass is 662 g/mol. The van der Waals surface area contributed by atoms with Crippen LogP contribution in [0.3, 0.4) is 0 Å². The summed E-state index contributed by atoms with van der Waals surface area (Å²) in [6.07, 6.45) is -10.6. The average molecular weight is 663 g/mol. The van der Waals surface area contributed by atoms with Crippen molar-refractivity contribution < 1.29 is 39.5 Å². The van der Waals surface area contributed by atoms with Crippen molar-refractivity contribution in [3.05, 3.63) is 88.0 Å². The molecule has 1 N–H and O–H groups in total. The van der Waals surface area contributed by atoms with Crippen LogP contribution in [0.5, 0.6) is 0 Å². The zero-order chi connectivity index (χ0) is 34.0. The van der Waals surface area contributed by atoms with Gasteiger partial charge in [0.15, 0.2) is 0 Å². The summed E-state index contributed by atoms with van der Waals surface area (Å²) in [5, 5.41) is 11.6. The number of tetrazole rings is 1. The third kappa shape index (κ3) is 7.97. The second-order valence-electron chi connectivity index (χ2n) is 10.7. The number of nitrogens with one attached hydrogen (secondary N) is 1. The molecule has 250 valence electrons. The third-order valence-electron chi connectivity index (χ3n) is 7.58. The minimum Gasteiger partial charge on any atom is -0.347 e. The Morgan fingerprint density at radius 1 is 0.804 bits per heavy atom. The molecule has 4 aromatic rings. The first-order chi connectivity index (χ1) is 21.4. The molecule has 4 rings (SSSR count). The van der Waals surface area contributed by atoms with E-state index >= 15 is 0 Å². The van der Waals surface area contributed by atoms with Gasteiger partial charge in [-0.3, -0.25) is 4.90 Å². The third-order valence-corrected chi connectivity index (χ3v) is 7.58. The van der Waals surface area contributed by atoms with Gasteiger partial charge in [-0.2, -0.15) is 44.3 Å². The molecule has 0 amide bonds. The van der Waals surface area contributed by atoms with E-state index in [1.807, 2.05) is 18.7 Å². The van der Waals surface area contributed by atoms with Crippen LogP contribution in [-0.2, 0) is 38.7 Å². The van der Waals surface area contributed by atoms with Crippen molar-refractivity contribution in [1.29, 1.82) is 0 Å². The van der Waals surface area contributed by atoms with Crippen LogP contribution >= 0.6 is 0 Å². The van der Waals surface area contributed by atoms with Gasteiger partial charge < -0.3 is 9.88 Å². The Labute approximate surface area is 258 Å². The van der Waals surface area contributed by atoms with Crippen LogP contribution in [0.15, 0.2) is 48.8 Å². The second-order valence-corrected chi connectivity index (χ2v) is 10.7. The van der Waals surface area contributed by atoms with E-state index in [-0.39, 0.29) is 23.6 Å². The van der Waals surface area contributed by atoms with Gasteiger partial charge in [-0.15, -0.1) is 5.10 Å². The molecular weight excluding hydrogens is 631 g/mol. The van der Waals surface area contributed by atoms with E-state index in [1.165, 1.54) is 18.0 Å². The van der Waals surface area contributed by atoms with Crippen molar-refractivity contribution in [2.45, 2.75) is 70.4 Å². The number of aromatic amines is 1. The van der Waals surface area contributed by atoms with Crippen LogP contribution < -0.4 is 4.90 Å². The lowest BCUT2D eigenvalue weighted by atomic mass is 9.93. The smallest absolute Gasteiger partial charge is 0.347 e. The molecule has 0 aliphatic rings. The number of imidazole rings is 1. The van der Waals surface area contributed by atoms with E-state index in [1.54, 1.807) is 19.4 Å². The topological polar surface area (TPSA) is 78.8 Å². The summed E-state index contributed by atoms with van der Waals surface area (Å²) < 4.78 is 124. The number of anilines is 1. The maximum atomic E-state index is 13.9. The fourth-order valence-corrected chi connectivity index (χ4v) is 5.46. The molecule has 0 aliphatic carbocycles. The maximum absolute atomic E-state index is 13.9. The molecule has 2 atom stereocenters. The summed E-state index contributed by atoms with van der Waals surface area (Å²) in [6.45, 7) is 2.77. The number of halogens is 9. The molecule has 2 aromatic heterocycles. The second kappa shape index (κ2) is 13.3. The Bertz CT molecular complexity index is 1560. The maximum Gasteiger partial charge on any atom is 0.416 e. The molecule has 0 saturated carbocycles. The molecule has 46 heavy (non-hydrogen) atoms. The van der Waals surface area contributed by atoms with Gasteiger partial charge in [0, 0.05) is 31.5 Å². The van der Waals surface area contributed by atoms with Crippen molar-refractivity contribution >= 4 is 5.95 Å². The first-order valence-electron chi connectivity index (χ1n) is 14.1. The molecule has 17 heteroatoms. The summed E-state index contributed by atoms with van der Waals surface area (Å²) >= 11 is 0. The summed E-state index contributed by atoms with van der Waals surface area (Å²) in [5.74, 6) is 0.438. The predicted octanol–water partition coefficient (Wildman–Crippen LogP) is 7.73. The van der Waals surface area contributed by atoms with Gasteiger partial charge in [0.2, 0.25) is 0 Å². The lowest BCUT2D eigenvalue weighted by molar-refractivity contribution is -0.143. The lowest BCUT2D eigenvalue weighted by Gasteiger charge is -2.35. The van der Waals surface area contributed by atoms with E-state index in [0.717, 1.165) is 16.9 Å². The minimum atomic E-state index is -5.09. The molecule has 0 aliphatic heterocycles. The minimum absolute atomic E-state index is 0.00414. The van der Waals surface area contributed by atoms with Crippen LogP contribution in [0, 0.1) is 0 Å². The zero-order valence-electron chi connectivity index (χ0n) is 25.1. The highest BCUT2D eigenvalue weighted by atomic mass is 19.4. The molecule has 8 nitrogen and oxygen atoms in total. The van der Waals surface area contributed by atoms with Gasteiger partial charge in [-0.05, 0) is 72.1 Å². The number of benzene rings is 2. The number of hydrogen-bond donors (Lipinski definition) is 1. The highest BCUT2D eigenvalue weighted by molar-refractivity contribution is 5.42. The summed E-state index contributed by atoms with van der Waals surface area (Å²) in [5.41, 5.74) is -3.85. The molecule has 2 heterocycles. The molecule has 0 fully saturated rings. The highest BCUT2D eigenvalue weighted by Crippen LogP contribution is 2.39. The molecule has 2 aromatic carbocycles. The largest absolute Gasteiger partial charge is 0.416 e. The average Bonchev–Trinajstić information content (AvgIpc) is 3.65. The molecule has 0 saturated heterocycles. The Balaban J connectivity index is 1.84. The van der Waals surface area contributed by atoms with Gasteiger partial charge in [0.25, 0.3) is 5.95 Å². The zero-order valence-corrected chi connectivity index (χ0v) is 25.1. The van der Waals surface area contributed by atoms with Crippen molar-refractivity contribution in [2.75, 3.05) is 11.9 Å². The molecular formula is C29H31F9N8. The van der Waals surface area contributed by atoms with E-state index in [4.69, 9.17) is 0 Å². The fraction of sp³-hybridized carbons (Fsp3) is 0.448. The van der Waals surface area contributed by atoms with E-state index in [9.17, 15) is 39.5 Å². The van der Waals surface area contributed by atoms with Crippen molar-refractivity contribution in [2.24, 2.45) is 7.05 Å². The van der Waals surface area contributed by atoms with Gasteiger partial charge in [-0.25, -0.2) is 4.98 Å². The van der Waals surface area contributed by atoms with Gasteiger partial charge in [-0.1, -0.05) is 25.0 Å². The first-order valence-corrected chi connectivity index (χ1v) is 14.1. The quantitative estimate of drug-likeness (QED) is 0.166. The van der Waals surface area contributed by atoms with Crippen LogP contribution in [0.4, 0.5) is 45.5 Å². The number of nitrogens with zero attached hydrogens (tertiary/aromatic N) is 7. The highest BCUT2D eigenvalue weighted by Gasteiger charge is 2.38. The predicted molar refractivity (Wildman–Crippen MR) is 149 cm³/mol. The van der Waals surface area contributed by atoms with Crippen LogP contribution in [0.25, 0.3) is 0 Å². The Morgan fingerprint density at radius 2 is 1.41 bits per heavy atom. The van der Waals surface area contributed by atoms with Crippen molar-refractivity contribution in [1.82, 2.24) is 35.1 Å². The molecule has 0 bridgehead atoms. The Kier molecular flexibility index (Phi) is 10.0. The summed E-state index contributed by atoms with van der Waals surface area (Å²) in [7, 11) is 3.19. The van der Waals surface area contributed by atoms with Gasteiger partial charge >= 0.3 is 18.5 Å². The molecule has 0 radical (unpaired) electrons. The van der Waals surface area contributed by atoms with E-state index < -0.39 is 59.9 Å². The number of H-pyrrole nitrogens is 1. The van der Waals surface area contributed by atoms with Crippen molar-refractivity contribution in [3.8, 4) is 0 Å². The Hall–Kier alpha value is -4.15. The van der Waals surface area contributed by atoms with Crippen LogP contribution in [-0.4, -0.2) is 42.1 Å². The first kappa shape index (κ1) is 34.7. The van der Waals surface area contributed by atoms with Gasteiger partial charge in [0.05, 0.1) is 29.8 Å². The number of aromatic nitrogens is 6. The summed E-state index contributed by atoms with van der Waals surface area (Å²) in [4.78, 5) is 11.6. The van der Waals surface area contributed by atoms with E-state index in [0.29, 0.717) is 36.4 Å². The SMILES string of the molecule is CCC(c1ncc[nH]1)N(C)C(CC)c1ccc(C(F)(F)F)cc1CN(Cc1cc(C(F)(F)F)cc(C(F)(F)F)c1)c1nnn(C)n1. The number of aryl methyl sites for hydroxylation is 1. The van der Waals surface area contributed by atoms with Crippen LogP contribution in [0.2, 0.25) is 0 Å². The standard InChI is InChI=1S/C29H31F9N8/c1-5-23(44(3)24(6-2)25-39-9-10-40-25)22-8-7-19(27(30,31)32)13-18(22)16-46(26-41-43-45(4)42-26)15-17-11-20(28(33,34)35)14-21(12-17)29(36,37)38/h7-14,23-24H,5-6,15-16H2,1-4H3,(H,39,40). The fourth-order valence-electron chi connectivity index (χ4n) is 5.46. The number of alkyl halides is 9. The molecule has 0 spiro atoms.